The monoisotopic (exact) mass is 156 g/mol. The van der Waals surface area contributed by atoms with E-state index in [2.05, 4.69) is 0 Å². The number of carbonyl (C=O) groups excluding carboxylic acids is 1. The van der Waals surface area contributed by atoms with Crippen LogP contribution in [0.25, 0.3) is 0 Å². The van der Waals surface area contributed by atoms with E-state index >= 15 is 0 Å². The van der Waals surface area contributed by atoms with Crippen LogP contribution in [0.3, 0.4) is 0 Å². The van der Waals surface area contributed by atoms with Crippen molar-refractivity contribution in [3.63, 3.8) is 0 Å². The van der Waals surface area contributed by atoms with Crippen LogP contribution in [0.4, 0.5) is 0 Å². The van der Waals surface area contributed by atoms with Crippen LogP contribution in [0.5, 0.6) is 0 Å². The van der Waals surface area contributed by atoms with Gasteiger partial charge in [0.2, 0.25) is 0 Å². The van der Waals surface area contributed by atoms with E-state index in [0.717, 1.165) is 6.42 Å². The van der Waals surface area contributed by atoms with Crippen molar-refractivity contribution in [2.45, 2.75) is 26.2 Å². The van der Waals surface area contributed by atoms with Crippen LogP contribution in [-0.4, -0.2) is 16.9 Å². The Hall–Kier alpha value is -0.860. The summed E-state index contributed by atoms with van der Waals surface area (Å²) in [5, 5.41) is 8.47. The second kappa shape index (κ2) is 3.03. The van der Waals surface area contributed by atoms with Gasteiger partial charge in [-0.2, -0.15) is 0 Å². The number of carbonyl (C=O) groups is 2. The molecule has 1 saturated carbocycles. The van der Waals surface area contributed by atoms with E-state index < -0.39 is 5.97 Å². The molecule has 3 heteroatoms. The molecular weight excluding hydrogens is 144 g/mol. The first kappa shape index (κ1) is 8.24. The molecule has 0 saturated heterocycles. The van der Waals surface area contributed by atoms with Crippen molar-refractivity contribution in [1.29, 1.82) is 0 Å². The number of hydrogen-bond acceptors (Lipinski definition) is 2. The first-order valence-corrected chi connectivity index (χ1v) is 3.85. The van der Waals surface area contributed by atoms with Gasteiger partial charge >= 0.3 is 5.97 Å². The minimum absolute atomic E-state index is 0.0360. The maximum absolute atomic E-state index is 11.0. The summed E-state index contributed by atoms with van der Waals surface area (Å²) in [6.45, 7) is 1.82. The highest BCUT2D eigenvalue weighted by Crippen LogP contribution is 2.30. The Labute approximate surface area is 65.4 Å². The summed E-state index contributed by atoms with van der Waals surface area (Å²) in [5.74, 6) is -0.529. The molecule has 0 bridgehead atoms. The highest BCUT2D eigenvalue weighted by molar-refractivity contribution is 5.83. The lowest BCUT2D eigenvalue weighted by Crippen LogP contribution is -2.14. The molecule has 0 aromatic carbocycles. The third-order valence-corrected chi connectivity index (χ3v) is 2.41. The van der Waals surface area contributed by atoms with Gasteiger partial charge in [-0.15, -0.1) is 0 Å². The molecule has 0 heterocycles. The van der Waals surface area contributed by atoms with Gasteiger partial charge in [-0.1, -0.05) is 6.92 Å². The summed E-state index contributed by atoms with van der Waals surface area (Å²) in [4.78, 5) is 21.3. The third-order valence-electron chi connectivity index (χ3n) is 2.41. The minimum atomic E-state index is -0.795. The predicted octanol–water partition coefficient (Wildman–Crippen LogP) is 1.08. The molecule has 2 atom stereocenters. The van der Waals surface area contributed by atoms with Crippen molar-refractivity contribution in [3.05, 3.63) is 0 Å². The van der Waals surface area contributed by atoms with Crippen molar-refractivity contribution in [1.82, 2.24) is 0 Å². The summed E-state index contributed by atoms with van der Waals surface area (Å²) in [7, 11) is 0. The topological polar surface area (TPSA) is 54.4 Å². The van der Waals surface area contributed by atoms with Gasteiger partial charge in [0.05, 0.1) is 0 Å². The van der Waals surface area contributed by atoms with Gasteiger partial charge in [0.25, 0.3) is 0 Å². The fourth-order valence-electron chi connectivity index (χ4n) is 1.57. The van der Waals surface area contributed by atoms with E-state index in [9.17, 15) is 9.59 Å². The maximum atomic E-state index is 11.0. The lowest BCUT2D eigenvalue weighted by atomic mass is 9.94. The highest BCUT2D eigenvalue weighted by atomic mass is 16.4. The highest BCUT2D eigenvalue weighted by Gasteiger charge is 2.31. The van der Waals surface area contributed by atoms with E-state index in [1.807, 2.05) is 6.92 Å². The summed E-state index contributed by atoms with van der Waals surface area (Å²) in [6, 6.07) is 0. The van der Waals surface area contributed by atoms with Crippen LogP contribution >= 0.6 is 0 Å². The van der Waals surface area contributed by atoms with Crippen molar-refractivity contribution in [2.24, 2.45) is 11.8 Å². The summed E-state index contributed by atoms with van der Waals surface area (Å²) >= 11 is 0. The molecule has 0 amide bonds. The van der Waals surface area contributed by atoms with Crippen LogP contribution in [0.2, 0.25) is 0 Å². The SMILES string of the molecule is C[C@H]1C(=O)CC[C@@H]1CC(=O)O. The zero-order valence-electron chi connectivity index (χ0n) is 6.54. The molecule has 1 fully saturated rings. The Morgan fingerprint density at radius 1 is 1.73 bits per heavy atom. The van der Waals surface area contributed by atoms with E-state index in [-0.39, 0.29) is 24.0 Å². The molecule has 62 valence electrons. The van der Waals surface area contributed by atoms with Gasteiger partial charge in [-0.3, -0.25) is 9.59 Å². The van der Waals surface area contributed by atoms with Crippen molar-refractivity contribution in [3.8, 4) is 0 Å². The van der Waals surface area contributed by atoms with Gasteiger partial charge in [0, 0.05) is 18.8 Å². The Balaban J connectivity index is 2.48. The normalized spacial score (nSPS) is 30.8. The minimum Gasteiger partial charge on any atom is -0.481 e. The fourth-order valence-corrected chi connectivity index (χ4v) is 1.57. The van der Waals surface area contributed by atoms with Gasteiger partial charge in [-0.05, 0) is 12.3 Å². The summed E-state index contributed by atoms with van der Waals surface area (Å²) in [5.41, 5.74) is 0. The van der Waals surface area contributed by atoms with Crippen LogP contribution in [0.1, 0.15) is 26.2 Å². The quantitative estimate of drug-likeness (QED) is 0.650. The van der Waals surface area contributed by atoms with Gasteiger partial charge in [0.15, 0.2) is 0 Å². The van der Waals surface area contributed by atoms with Crippen LogP contribution in [-0.2, 0) is 9.59 Å². The Bertz CT molecular complexity index is 186. The molecule has 1 rings (SSSR count). The zero-order valence-corrected chi connectivity index (χ0v) is 6.54. The van der Waals surface area contributed by atoms with E-state index in [1.54, 1.807) is 0 Å². The number of carboxylic acid groups (broad SMARTS) is 1. The van der Waals surface area contributed by atoms with Gasteiger partial charge < -0.3 is 5.11 Å². The molecule has 11 heavy (non-hydrogen) atoms. The number of rotatable bonds is 2. The average molecular weight is 156 g/mol. The third kappa shape index (κ3) is 1.79. The standard InChI is InChI=1S/C8H12O3/c1-5-6(4-8(10)11)2-3-7(5)9/h5-6H,2-4H2,1H3,(H,10,11)/t5-,6-/m1/s1. The maximum Gasteiger partial charge on any atom is 0.303 e. The lowest BCUT2D eigenvalue weighted by molar-refractivity contribution is -0.138. The van der Waals surface area contributed by atoms with Gasteiger partial charge in [-0.25, -0.2) is 0 Å². The van der Waals surface area contributed by atoms with E-state index in [4.69, 9.17) is 5.11 Å². The fraction of sp³-hybridized carbons (Fsp3) is 0.750. The number of aliphatic carboxylic acids is 1. The summed E-state index contributed by atoms with van der Waals surface area (Å²) in [6.07, 6.45) is 1.47. The second-order valence-corrected chi connectivity index (χ2v) is 3.15. The van der Waals surface area contributed by atoms with Crippen molar-refractivity contribution in [2.75, 3.05) is 0 Å². The van der Waals surface area contributed by atoms with E-state index in [1.165, 1.54) is 0 Å². The first-order chi connectivity index (χ1) is 5.11. The number of hydrogen-bond donors (Lipinski definition) is 1. The van der Waals surface area contributed by atoms with E-state index in [0.29, 0.717) is 6.42 Å². The molecule has 1 aliphatic carbocycles. The van der Waals surface area contributed by atoms with Crippen molar-refractivity contribution >= 4 is 11.8 Å². The molecule has 1 aliphatic rings. The molecular formula is C8H12O3. The molecule has 0 radical (unpaired) electrons. The lowest BCUT2D eigenvalue weighted by Gasteiger charge is -2.09. The second-order valence-electron chi connectivity index (χ2n) is 3.15. The smallest absolute Gasteiger partial charge is 0.303 e. The average Bonchev–Trinajstić information content (AvgIpc) is 2.18. The predicted molar refractivity (Wildman–Crippen MR) is 39.1 cm³/mol. The number of carboxylic acids is 1. The molecule has 0 aliphatic heterocycles. The zero-order chi connectivity index (χ0) is 8.43. The van der Waals surface area contributed by atoms with Gasteiger partial charge in [0.1, 0.15) is 5.78 Å². The van der Waals surface area contributed by atoms with Crippen molar-refractivity contribution < 1.29 is 14.7 Å². The molecule has 0 aromatic rings. The largest absolute Gasteiger partial charge is 0.481 e. The van der Waals surface area contributed by atoms with Crippen LogP contribution in [0.15, 0.2) is 0 Å². The Morgan fingerprint density at radius 2 is 2.36 bits per heavy atom. The first-order valence-electron chi connectivity index (χ1n) is 3.85. The molecule has 0 spiro atoms. The Kier molecular flexibility index (Phi) is 2.27. The summed E-state index contributed by atoms with van der Waals surface area (Å²) < 4.78 is 0. The van der Waals surface area contributed by atoms with Crippen LogP contribution < -0.4 is 0 Å². The molecule has 1 N–H and O–H groups in total. The molecule has 0 unspecified atom stereocenters. The number of ketones is 1. The molecule has 3 nitrogen and oxygen atoms in total. The molecule has 0 aromatic heterocycles. The number of Topliss-reactive ketones (excluding diaryl/α,β-unsaturated/α-hetero) is 1. The van der Waals surface area contributed by atoms with Crippen LogP contribution in [0, 0.1) is 11.8 Å². The Morgan fingerprint density at radius 3 is 2.73 bits per heavy atom.